The van der Waals surface area contributed by atoms with Crippen LogP contribution in [0.2, 0.25) is 0 Å². The molecule has 1 aromatic heterocycles. The lowest BCUT2D eigenvalue weighted by molar-refractivity contribution is 0.0933. The normalized spacial score (nSPS) is 12.8. The van der Waals surface area contributed by atoms with Gasteiger partial charge in [0.2, 0.25) is 10.1 Å². The molecule has 0 bridgehead atoms. The molecule has 0 spiro atoms. The third-order valence-electron chi connectivity index (χ3n) is 1.65. The van der Waals surface area contributed by atoms with Crippen LogP contribution in [0.1, 0.15) is 16.7 Å². The first-order valence-corrected chi connectivity index (χ1v) is 5.35. The molecule has 0 aliphatic heterocycles. The van der Waals surface area contributed by atoms with Gasteiger partial charge in [-0.25, -0.2) is 0 Å². The van der Waals surface area contributed by atoms with E-state index < -0.39 is 0 Å². The number of carbonyl (C=O) groups excluding carboxylic acids is 1. The van der Waals surface area contributed by atoms with Crippen molar-refractivity contribution in [2.75, 3.05) is 26.4 Å². The molecule has 0 fully saturated rings. The van der Waals surface area contributed by atoms with Crippen molar-refractivity contribution in [3.8, 4) is 0 Å². The van der Waals surface area contributed by atoms with E-state index in [0.29, 0.717) is 10.1 Å². The highest BCUT2D eigenvalue weighted by Crippen LogP contribution is 2.10. The van der Waals surface area contributed by atoms with Gasteiger partial charge in [0.05, 0.1) is 0 Å². The van der Waals surface area contributed by atoms with Crippen molar-refractivity contribution >= 4 is 22.4 Å². The Balaban J connectivity index is 2.49. The van der Waals surface area contributed by atoms with Crippen molar-refractivity contribution in [1.29, 1.82) is 0 Å². The first-order chi connectivity index (χ1) is 6.99. The summed E-state index contributed by atoms with van der Waals surface area (Å²) >= 11 is 1.09. The predicted octanol–water partition coefficient (Wildman–Crippen LogP) is -0.200. The molecule has 0 radical (unpaired) electrons. The highest BCUT2D eigenvalue weighted by molar-refractivity contribution is 7.16. The van der Waals surface area contributed by atoms with Crippen molar-refractivity contribution in [3.63, 3.8) is 0 Å². The predicted molar refractivity (Wildman–Crippen MR) is 59.8 cm³/mol. The SMILES string of the molecule is CC(CN(C)C)NC(=O)c1nnc(N)s1. The zero-order valence-corrected chi connectivity index (χ0v) is 9.84. The first-order valence-electron chi connectivity index (χ1n) is 4.53. The Morgan fingerprint density at radius 2 is 2.27 bits per heavy atom. The maximum atomic E-state index is 11.6. The molecular formula is C8H15N5OS. The monoisotopic (exact) mass is 229 g/mol. The number of rotatable bonds is 4. The van der Waals surface area contributed by atoms with Crippen LogP contribution >= 0.6 is 11.3 Å². The number of hydrogen-bond acceptors (Lipinski definition) is 6. The number of carbonyl (C=O) groups is 1. The summed E-state index contributed by atoms with van der Waals surface area (Å²) in [4.78, 5) is 13.6. The Labute approximate surface area is 92.5 Å². The smallest absolute Gasteiger partial charge is 0.282 e. The van der Waals surface area contributed by atoms with Gasteiger partial charge in [0.15, 0.2) is 0 Å². The highest BCUT2D eigenvalue weighted by atomic mass is 32.1. The van der Waals surface area contributed by atoms with E-state index in [2.05, 4.69) is 15.5 Å². The molecule has 0 aliphatic rings. The number of nitrogens with one attached hydrogen (secondary N) is 1. The van der Waals surface area contributed by atoms with Crippen LogP contribution in [0.3, 0.4) is 0 Å². The second-order valence-corrected chi connectivity index (χ2v) is 4.59. The zero-order chi connectivity index (χ0) is 11.4. The van der Waals surface area contributed by atoms with E-state index in [0.717, 1.165) is 17.9 Å². The molecule has 1 unspecified atom stereocenters. The molecule has 84 valence electrons. The molecule has 1 heterocycles. The molecule has 0 saturated carbocycles. The fourth-order valence-electron chi connectivity index (χ4n) is 1.21. The van der Waals surface area contributed by atoms with Crippen LogP contribution in [0.15, 0.2) is 0 Å². The quantitative estimate of drug-likeness (QED) is 0.747. The van der Waals surface area contributed by atoms with Gasteiger partial charge in [-0.15, -0.1) is 10.2 Å². The van der Waals surface area contributed by atoms with Crippen molar-refractivity contribution in [2.24, 2.45) is 0 Å². The lowest BCUT2D eigenvalue weighted by atomic mass is 10.3. The second kappa shape index (κ2) is 5.04. The summed E-state index contributed by atoms with van der Waals surface area (Å²) in [7, 11) is 3.90. The summed E-state index contributed by atoms with van der Waals surface area (Å²) in [5, 5.41) is 10.7. The first kappa shape index (κ1) is 11.9. The van der Waals surface area contributed by atoms with Gasteiger partial charge in [-0.3, -0.25) is 4.79 Å². The number of aromatic nitrogens is 2. The molecule has 15 heavy (non-hydrogen) atoms. The molecule has 1 aromatic rings. The van der Waals surface area contributed by atoms with E-state index in [1.54, 1.807) is 0 Å². The number of nitrogens with zero attached hydrogens (tertiary/aromatic N) is 3. The Hall–Kier alpha value is -1.21. The van der Waals surface area contributed by atoms with Crippen LogP contribution < -0.4 is 11.1 Å². The Morgan fingerprint density at radius 1 is 1.60 bits per heavy atom. The van der Waals surface area contributed by atoms with Crippen LogP contribution in [-0.2, 0) is 0 Å². The minimum absolute atomic E-state index is 0.0672. The summed E-state index contributed by atoms with van der Waals surface area (Å²) in [6.07, 6.45) is 0. The average molecular weight is 229 g/mol. The van der Waals surface area contributed by atoms with Gasteiger partial charge in [-0.2, -0.15) is 0 Å². The van der Waals surface area contributed by atoms with Crippen molar-refractivity contribution < 1.29 is 4.79 Å². The van der Waals surface area contributed by atoms with Crippen LogP contribution in [0.5, 0.6) is 0 Å². The molecule has 0 aromatic carbocycles. The summed E-state index contributed by atoms with van der Waals surface area (Å²) in [6, 6.07) is 0.0672. The van der Waals surface area contributed by atoms with Gasteiger partial charge in [0.25, 0.3) is 5.91 Å². The summed E-state index contributed by atoms with van der Waals surface area (Å²) in [5.74, 6) is -0.224. The second-order valence-electron chi connectivity index (χ2n) is 3.58. The lowest BCUT2D eigenvalue weighted by Gasteiger charge is -2.17. The standard InChI is InChI=1S/C8H15N5OS/c1-5(4-13(2)3)10-6(14)7-11-12-8(9)15-7/h5H,4H2,1-3H3,(H2,9,12)(H,10,14). The van der Waals surface area contributed by atoms with Crippen molar-refractivity contribution in [2.45, 2.75) is 13.0 Å². The summed E-state index contributed by atoms with van der Waals surface area (Å²) < 4.78 is 0. The largest absolute Gasteiger partial charge is 0.374 e. The van der Waals surface area contributed by atoms with Gasteiger partial charge in [-0.1, -0.05) is 11.3 Å². The molecule has 6 nitrogen and oxygen atoms in total. The zero-order valence-electron chi connectivity index (χ0n) is 9.02. The molecule has 1 amide bonds. The fraction of sp³-hybridized carbons (Fsp3) is 0.625. The fourth-order valence-corrected chi connectivity index (χ4v) is 1.72. The molecule has 7 heteroatoms. The van der Waals surface area contributed by atoms with Crippen molar-refractivity contribution in [1.82, 2.24) is 20.4 Å². The van der Waals surface area contributed by atoms with Crippen LogP contribution in [-0.4, -0.2) is 47.7 Å². The van der Waals surface area contributed by atoms with E-state index in [-0.39, 0.29) is 11.9 Å². The third-order valence-corrected chi connectivity index (χ3v) is 2.40. The molecule has 0 aliphatic carbocycles. The molecular weight excluding hydrogens is 214 g/mol. The van der Waals surface area contributed by atoms with Gasteiger partial charge in [0, 0.05) is 12.6 Å². The number of amides is 1. The van der Waals surface area contributed by atoms with Crippen LogP contribution in [0, 0.1) is 0 Å². The van der Waals surface area contributed by atoms with Gasteiger partial charge in [0.1, 0.15) is 0 Å². The number of hydrogen-bond donors (Lipinski definition) is 2. The molecule has 0 saturated heterocycles. The maximum absolute atomic E-state index is 11.6. The average Bonchev–Trinajstić information content (AvgIpc) is 2.49. The van der Waals surface area contributed by atoms with Gasteiger partial charge in [-0.05, 0) is 21.0 Å². The highest BCUT2D eigenvalue weighted by Gasteiger charge is 2.14. The van der Waals surface area contributed by atoms with E-state index >= 15 is 0 Å². The van der Waals surface area contributed by atoms with E-state index in [1.807, 2.05) is 25.9 Å². The summed E-state index contributed by atoms with van der Waals surface area (Å²) in [5.41, 5.74) is 5.38. The summed E-state index contributed by atoms with van der Waals surface area (Å²) in [6.45, 7) is 2.71. The van der Waals surface area contributed by atoms with Crippen LogP contribution in [0.4, 0.5) is 5.13 Å². The maximum Gasteiger partial charge on any atom is 0.282 e. The lowest BCUT2D eigenvalue weighted by Crippen LogP contribution is -2.39. The van der Waals surface area contributed by atoms with Crippen molar-refractivity contribution in [3.05, 3.63) is 5.01 Å². The number of nitrogen functional groups attached to an aromatic ring is 1. The third kappa shape index (κ3) is 3.80. The Bertz CT molecular complexity index is 338. The van der Waals surface area contributed by atoms with E-state index in [9.17, 15) is 4.79 Å². The number of nitrogens with two attached hydrogens (primary N) is 1. The minimum atomic E-state index is -0.224. The minimum Gasteiger partial charge on any atom is -0.374 e. The Kier molecular flexibility index (Phi) is 3.98. The molecule has 3 N–H and O–H groups in total. The number of anilines is 1. The van der Waals surface area contributed by atoms with Gasteiger partial charge >= 0.3 is 0 Å². The number of likely N-dealkylation sites (N-methyl/N-ethyl adjacent to an activating group) is 1. The Morgan fingerprint density at radius 3 is 2.73 bits per heavy atom. The topological polar surface area (TPSA) is 84.1 Å². The van der Waals surface area contributed by atoms with E-state index in [4.69, 9.17) is 5.73 Å². The molecule has 1 atom stereocenters. The van der Waals surface area contributed by atoms with Gasteiger partial charge < -0.3 is 16.0 Å². The van der Waals surface area contributed by atoms with E-state index in [1.165, 1.54) is 0 Å². The molecule has 1 rings (SSSR count). The van der Waals surface area contributed by atoms with Crippen LogP contribution in [0.25, 0.3) is 0 Å².